The lowest BCUT2D eigenvalue weighted by Crippen LogP contribution is -2.02. The van der Waals surface area contributed by atoms with Crippen LogP contribution in [-0.4, -0.2) is 19.0 Å². The number of rotatable bonds is 2. The van der Waals surface area contributed by atoms with Gasteiger partial charge in [0, 0.05) is 16.5 Å². The number of benzene rings is 1. The second kappa shape index (κ2) is 5.61. The van der Waals surface area contributed by atoms with E-state index < -0.39 is 0 Å². The van der Waals surface area contributed by atoms with Gasteiger partial charge in [-0.3, -0.25) is 4.79 Å². The van der Waals surface area contributed by atoms with Crippen LogP contribution in [0.3, 0.4) is 0 Å². The molecule has 0 unspecified atom stereocenters. The molecule has 2 aromatic rings. The van der Waals surface area contributed by atoms with Crippen LogP contribution in [-0.2, 0) is 0 Å². The zero-order chi connectivity index (χ0) is 14.1. The molecule has 0 atom stereocenters. The van der Waals surface area contributed by atoms with E-state index in [-0.39, 0.29) is 11.5 Å². The SMILES string of the molecule is O=C(c1ccc(Br)o1)c1cc2c(cc1Br)OCCCO2. The van der Waals surface area contributed by atoms with Crippen LogP contribution in [0.5, 0.6) is 11.5 Å². The summed E-state index contributed by atoms with van der Waals surface area (Å²) >= 11 is 6.58. The quantitative estimate of drug-likeness (QED) is 0.707. The van der Waals surface area contributed by atoms with Gasteiger partial charge < -0.3 is 13.9 Å². The van der Waals surface area contributed by atoms with E-state index in [1.165, 1.54) is 0 Å². The summed E-state index contributed by atoms with van der Waals surface area (Å²) < 4.78 is 17.6. The van der Waals surface area contributed by atoms with Gasteiger partial charge in [-0.25, -0.2) is 0 Å². The molecule has 3 rings (SSSR count). The average Bonchev–Trinajstić information content (AvgIpc) is 2.73. The van der Waals surface area contributed by atoms with Gasteiger partial charge in [0.2, 0.25) is 5.78 Å². The van der Waals surface area contributed by atoms with Gasteiger partial charge in [0.15, 0.2) is 21.9 Å². The number of carbonyl (C=O) groups is 1. The van der Waals surface area contributed by atoms with Crippen molar-refractivity contribution in [2.45, 2.75) is 6.42 Å². The van der Waals surface area contributed by atoms with Crippen molar-refractivity contribution in [1.82, 2.24) is 0 Å². The zero-order valence-corrected chi connectivity index (χ0v) is 13.5. The molecule has 104 valence electrons. The van der Waals surface area contributed by atoms with Crippen molar-refractivity contribution in [3.05, 3.63) is 44.7 Å². The number of hydrogen-bond donors (Lipinski definition) is 0. The molecule has 0 N–H and O–H groups in total. The van der Waals surface area contributed by atoms with Gasteiger partial charge in [-0.2, -0.15) is 0 Å². The Kier molecular flexibility index (Phi) is 3.85. The lowest BCUT2D eigenvalue weighted by Gasteiger charge is -2.10. The fraction of sp³-hybridized carbons (Fsp3) is 0.214. The summed E-state index contributed by atoms with van der Waals surface area (Å²) in [7, 11) is 0. The Morgan fingerprint density at radius 1 is 1.05 bits per heavy atom. The van der Waals surface area contributed by atoms with E-state index in [1.807, 2.05) is 0 Å². The van der Waals surface area contributed by atoms with Gasteiger partial charge in [0.05, 0.1) is 13.2 Å². The molecule has 20 heavy (non-hydrogen) atoms. The first-order valence-electron chi connectivity index (χ1n) is 6.04. The summed E-state index contributed by atoms with van der Waals surface area (Å²) in [5.74, 6) is 1.29. The third-order valence-corrected chi connectivity index (χ3v) is 3.96. The van der Waals surface area contributed by atoms with Crippen LogP contribution in [0.4, 0.5) is 0 Å². The lowest BCUT2D eigenvalue weighted by molar-refractivity contribution is 0.101. The van der Waals surface area contributed by atoms with E-state index in [2.05, 4.69) is 31.9 Å². The molecule has 0 aliphatic carbocycles. The Morgan fingerprint density at radius 2 is 1.75 bits per heavy atom. The van der Waals surface area contributed by atoms with Gasteiger partial charge in [0.25, 0.3) is 0 Å². The standard InChI is InChI=1S/C14H10Br2O4/c15-9-7-12-11(18-4-1-5-19-12)6-8(9)14(17)10-2-3-13(16)20-10/h2-3,6-7H,1,4-5H2. The summed E-state index contributed by atoms with van der Waals surface area (Å²) in [6, 6.07) is 6.75. The predicted molar refractivity (Wildman–Crippen MR) is 79.6 cm³/mol. The second-order valence-electron chi connectivity index (χ2n) is 4.26. The third-order valence-electron chi connectivity index (χ3n) is 2.88. The normalized spacial score (nSPS) is 13.9. The summed E-state index contributed by atoms with van der Waals surface area (Å²) in [6.45, 7) is 1.19. The van der Waals surface area contributed by atoms with Gasteiger partial charge >= 0.3 is 0 Å². The van der Waals surface area contributed by atoms with E-state index in [9.17, 15) is 4.79 Å². The number of hydrogen-bond acceptors (Lipinski definition) is 4. The molecule has 0 spiro atoms. The topological polar surface area (TPSA) is 48.7 Å². The molecule has 1 aliphatic heterocycles. The van der Waals surface area contributed by atoms with Crippen LogP contribution in [0.1, 0.15) is 22.5 Å². The van der Waals surface area contributed by atoms with E-state index in [0.717, 1.165) is 6.42 Å². The fourth-order valence-electron chi connectivity index (χ4n) is 1.93. The third kappa shape index (κ3) is 2.62. The molecule has 0 saturated heterocycles. The largest absolute Gasteiger partial charge is 0.490 e. The van der Waals surface area contributed by atoms with Gasteiger partial charge in [-0.1, -0.05) is 0 Å². The van der Waals surface area contributed by atoms with Crippen molar-refractivity contribution >= 4 is 37.6 Å². The van der Waals surface area contributed by atoms with Crippen molar-refractivity contribution in [2.24, 2.45) is 0 Å². The monoisotopic (exact) mass is 400 g/mol. The minimum Gasteiger partial charge on any atom is -0.490 e. The summed E-state index contributed by atoms with van der Waals surface area (Å²) in [5.41, 5.74) is 0.482. The minimum absolute atomic E-state index is 0.210. The van der Waals surface area contributed by atoms with E-state index in [4.69, 9.17) is 13.9 Å². The van der Waals surface area contributed by atoms with Crippen molar-refractivity contribution < 1.29 is 18.7 Å². The van der Waals surface area contributed by atoms with Crippen LogP contribution in [0.2, 0.25) is 0 Å². The number of fused-ring (bicyclic) bond motifs is 1. The van der Waals surface area contributed by atoms with Crippen molar-refractivity contribution in [3.8, 4) is 11.5 Å². The zero-order valence-electron chi connectivity index (χ0n) is 10.3. The summed E-state index contributed by atoms with van der Waals surface area (Å²) in [6.07, 6.45) is 0.820. The smallest absolute Gasteiger partial charge is 0.229 e. The Balaban J connectivity index is 2.01. The van der Waals surface area contributed by atoms with E-state index >= 15 is 0 Å². The van der Waals surface area contributed by atoms with Crippen LogP contribution in [0, 0.1) is 0 Å². The van der Waals surface area contributed by atoms with E-state index in [0.29, 0.717) is 39.4 Å². The van der Waals surface area contributed by atoms with Crippen LogP contribution in [0.25, 0.3) is 0 Å². The first-order chi connectivity index (χ1) is 9.65. The maximum absolute atomic E-state index is 12.4. The highest BCUT2D eigenvalue weighted by molar-refractivity contribution is 9.10. The van der Waals surface area contributed by atoms with Gasteiger partial charge in [-0.05, 0) is 56.1 Å². The van der Waals surface area contributed by atoms with Gasteiger partial charge in [0.1, 0.15) is 0 Å². The molecular weight excluding hydrogens is 392 g/mol. The van der Waals surface area contributed by atoms with Crippen LogP contribution in [0.15, 0.2) is 37.8 Å². The number of halogens is 2. The molecule has 2 heterocycles. The Hall–Kier alpha value is -1.27. The molecule has 1 aromatic carbocycles. The molecule has 1 aliphatic rings. The molecule has 0 radical (unpaired) electrons. The first kappa shape index (κ1) is 13.7. The molecular formula is C14H10Br2O4. The van der Waals surface area contributed by atoms with Crippen molar-refractivity contribution in [1.29, 1.82) is 0 Å². The maximum Gasteiger partial charge on any atom is 0.229 e. The van der Waals surface area contributed by atoms with Crippen molar-refractivity contribution in [3.63, 3.8) is 0 Å². The minimum atomic E-state index is -0.210. The van der Waals surface area contributed by atoms with Crippen LogP contribution >= 0.6 is 31.9 Å². The second-order valence-corrected chi connectivity index (χ2v) is 5.90. The summed E-state index contributed by atoms with van der Waals surface area (Å²) in [4.78, 5) is 12.4. The molecule has 1 aromatic heterocycles. The predicted octanol–water partition coefficient (Wildman–Crippen LogP) is 4.20. The summed E-state index contributed by atoms with van der Waals surface area (Å²) in [5, 5.41) is 0. The molecule has 0 saturated carbocycles. The number of furan rings is 1. The Morgan fingerprint density at radius 3 is 2.40 bits per heavy atom. The molecule has 4 nitrogen and oxygen atoms in total. The first-order valence-corrected chi connectivity index (χ1v) is 7.63. The highest BCUT2D eigenvalue weighted by Gasteiger charge is 2.21. The number of ketones is 1. The molecule has 0 amide bonds. The van der Waals surface area contributed by atoms with E-state index in [1.54, 1.807) is 24.3 Å². The van der Waals surface area contributed by atoms with Crippen molar-refractivity contribution in [2.75, 3.05) is 13.2 Å². The lowest BCUT2D eigenvalue weighted by atomic mass is 10.1. The molecule has 0 fully saturated rings. The highest BCUT2D eigenvalue weighted by Crippen LogP contribution is 2.36. The highest BCUT2D eigenvalue weighted by atomic mass is 79.9. The number of ether oxygens (including phenoxy) is 2. The molecule has 0 bridgehead atoms. The Bertz CT molecular complexity index is 663. The van der Waals surface area contributed by atoms with Crippen LogP contribution < -0.4 is 9.47 Å². The van der Waals surface area contributed by atoms with Gasteiger partial charge in [-0.15, -0.1) is 0 Å². The molecule has 6 heteroatoms. The Labute approximate surface area is 132 Å². The number of carbonyl (C=O) groups excluding carboxylic acids is 1. The maximum atomic E-state index is 12.4. The average molecular weight is 402 g/mol. The fourth-order valence-corrected chi connectivity index (χ4v) is 2.74.